The Morgan fingerprint density at radius 1 is 1.19 bits per heavy atom. The molecule has 0 radical (unpaired) electrons. The number of aliphatic hydroxyl groups excluding tert-OH is 1. The highest BCUT2D eigenvalue weighted by Crippen LogP contribution is 2.55. The molecule has 0 fully saturated rings. The maximum Gasteiger partial charge on any atom is 0.382 e. The highest BCUT2D eigenvalue weighted by molar-refractivity contribution is 7.67. The number of rotatable bonds is 11. The monoisotopic (exact) mass is 413 g/mol. The van der Waals surface area contributed by atoms with Crippen molar-refractivity contribution in [1.29, 1.82) is 0 Å². The summed E-state index contributed by atoms with van der Waals surface area (Å²) >= 11 is 0. The number of hydrogen-bond donors (Lipinski definition) is 3. The molecule has 150 valence electrons. The molecule has 0 aromatic heterocycles. The Balaban J connectivity index is 2.58. The van der Waals surface area contributed by atoms with E-state index in [-0.39, 0.29) is 6.42 Å². The lowest BCUT2D eigenvalue weighted by Crippen LogP contribution is -2.05. The third-order valence-corrected chi connectivity index (χ3v) is 8.18. The van der Waals surface area contributed by atoms with Crippen LogP contribution >= 0.6 is 15.4 Å². The molecule has 0 aliphatic rings. The fourth-order valence-corrected chi connectivity index (χ4v) is 5.53. The highest BCUT2D eigenvalue weighted by Gasteiger charge is 2.43. The number of aryl methyl sites for hydroxylation is 1. The SMILES string of the molecule is CC(C)=CCCC(C)=Cc1ccc(CCCC([P+](=O)CO)P(=O)(O)O)cc1. The van der Waals surface area contributed by atoms with Gasteiger partial charge < -0.3 is 14.9 Å². The van der Waals surface area contributed by atoms with Crippen molar-refractivity contribution < 1.29 is 24.0 Å². The first-order chi connectivity index (χ1) is 12.6. The molecule has 2 unspecified atom stereocenters. The fraction of sp³-hybridized carbons (Fsp3) is 0.500. The fourth-order valence-electron chi connectivity index (χ4n) is 2.79. The average Bonchev–Trinajstić information content (AvgIpc) is 2.58. The minimum atomic E-state index is -4.46. The quantitative estimate of drug-likeness (QED) is 0.332. The minimum Gasteiger partial charge on any atom is -0.353 e. The summed E-state index contributed by atoms with van der Waals surface area (Å²) in [6.07, 6.45) is 7.06. The number of aliphatic hydroxyl groups is 1. The molecule has 5 nitrogen and oxygen atoms in total. The van der Waals surface area contributed by atoms with E-state index in [1.807, 2.05) is 24.3 Å². The van der Waals surface area contributed by atoms with E-state index in [0.717, 1.165) is 24.0 Å². The van der Waals surface area contributed by atoms with Crippen molar-refractivity contribution in [3.8, 4) is 0 Å². The zero-order valence-corrected chi connectivity index (χ0v) is 18.1. The Morgan fingerprint density at radius 2 is 1.81 bits per heavy atom. The number of hydrogen-bond acceptors (Lipinski definition) is 3. The molecule has 1 aromatic rings. The molecule has 0 saturated heterocycles. The normalized spacial score (nSPS) is 14.0. The molecule has 1 aromatic carbocycles. The Labute approximate surface area is 163 Å². The van der Waals surface area contributed by atoms with Crippen LogP contribution in [0.1, 0.15) is 57.6 Å². The van der Waals surface area contributed by atoms with Crippen molar-refractivity contribution in [2.24, 2.45) is 0 Å². The van der Waals surface area contributed by atoms with Gasteiger partial charge in [-0.05, 0) is 57.6 Å². The molecule has 27 heavy (non-hydrogen) atoms. The molecule has 0 saturated carbocycles. The van der Waals surface area contributed by atoms with Gasteiger partial charge in [0.15, 0.2) is 0 Å². The van der Waals surface area contributed by atoms with Gasteiger partial charge in [0.05, 0.1) is 0 Å². The van der Waals surface area contributed by atoms with Crippen LogP contribution in [0.5, 0.6) is 0 Å². The van der Waals surface area contributed by atoms with E-state index in [9.17, 15) is 18.9 Å². The van der Waals surface area contributed by atoms with Gasteiger partial charge in [0, 0.05) is 6.42 Å². The van der Waals surface area contributed by atoms with Gasteiger partial charge in [0.25, 0.3) is 5.40 Å². The van der Waals surface area contributed by atoms with Crippen LogP contribution in [0.3, 0.4) is 0 Å². The van der Waals surface area contributed by atoms with Gasteiger partial charge in [-0.25, -0.2) is 0 Å². The summed E-state index contributed by atoms with van der Waals surface area (Å²) in [4.78, 5) is 18.6. The van der Waals surface area contributed by atoms with Crippen molar-refractivity contribution >= 4 is 21.5 Å². The molecule has 0 bridgehead atoms. The van der Waals surface area contributed by atoms with Gasteiger partial charge >= 0.3 is 15.4 Å². The molecule has 3 N–H and O–H groups in total. The maximum atomic E-state index is 11.7. The second kappa shape index (κ2) is 11.7. The van der Waals surface area contributed by atoms with Crippen LogP contribution in [-0.4, -0.2) is 26.6 Å². The third-order valence-electron chi connectivity index (χ3n) is 4.27. The number of allylic oxidation sites excluding steroid dienone is 3. The van der Waals surface area contributed by atoms with Gasteiger partial charge in [-0.15, -0.1) is 0 Å². The maximum absolute atomic E-state index is 11.7. The van der Waals surface area contributed by atoms with E-state index in [1.54, 1.807) is 0 Å². The van der Waals surface area contributed by atoms with Gasteiger partial charge in [0.1, 0.15) is 0 Å². The molecule has 1 rings (SSSR count). The van der Waals surface area contributed by atoms with Crippen molar-refractivity contribution in [2.75, 3.05) is 6.35 Å². The zero-order chi connectivity index (χ0) is 20.4. The van der Waals surface area contributed by atoms with Crippen molar-refractivity contribution in [1.82, 2.24) is 0 Å². The molecular weight excluding hydrogens is 382 g/mol. The second-order valence-corrected chi connectivity index (χ2v) is 11.0. The van der Waals surface area contributed by atoms with Gasteiger partial charge in [-0.2, -0.15) is 0 Å². The molecule has 0 aliphatic heterocycles. The van der Waals surface area contributed by atoms with E-state index < -0.39 is 27.1 Å². The molecule has 2 atom stereocenters. The van der Waals surface area contributed by atoms with Crippen LogP contribution in [0.25, 0.3) is 6.08 Å². The zero-order valence-electron chi connectivity index (χ0n) is 16.3. The van der Waals surface area contributed by atoms with E-state index >= 15 is 0 Å². The summed E-state index contributed by atoms with van der Waals surface area (Å²) < 4.78 is 23.1. The predicted octanol–water partition coefficient (Wildman–Crippen LogP) is 5.44. The Bertz CT molecular complexity index is 712. The third kappa shape index (κ3) is 9.60. The first kappa shape index (κ1) is 23.9. The van der Waals surface area contributed by atoms with Crippen LogP contribution in [0.15, 0.2) is 41.5 Å². The summed E-state index contributed by atoms with van der Waals surface area (Å²) in [5.74, 6) is 0. The smallest absolute Gasteiger partial charge is 0.353 e. The van der Waals surface area contributed by atoms with Crippen LogP contribution in [0, 0.1) is 0 Å². The van der Waals surface area contributed by atoms with E-state index in [0.29, 0.717) is 12.8 Å². The van der Waals surface area contributed by atoms with Crippen LogP contribution in [0.4, 0.5) is 0 Å². The molecule has 0 spiro atoms. The summed E-state index contributed by atoms with van der Waals surface area (Å²) in [5, 5.41) is 7.67. The Hall–Kier alpha value is -1.09. The topological polar surface area (TPSA) is 94.8 Å². The van der Waals surface area contributed by atoms with Crippen molar-refractivity contribution in [3.63, 3.8) is 0 Å². The summed E-state index contributed by atoms with van der Waals surface area (Å²) in [7, 11) is -6.77. The summed E-state index contributed by atoms with van der Waals surface area (Å²) in [6, 6.07) is 8.09. The van der Waals surface area contributed by atoms with Crippen LogP contribution in [0.2, 0.25) is 0 Å². The van der Waals surface area contributed by atoms with E-state index in [2.05, 4.69) is 32.9 Å². The Kier molecular flexibility index (Phi) is 10.4. The molecule has 7 heteroatoms. The lowest BCUT2D eigenvalue weighted by molar-refractivity contribution is 0.350. The lowest BCUT2D eigenvalue weighted by Gasteiger charge is -2.09. The summed E-state index contributed by atoms with van der Waals surface area (Å²) in [5.41, 5.74) is 4.84. The van der Waals surface area contributed by atoms with Gasteiger partial charge in [-0.1, -0.05) is 52.1 Å². The van der Waals surface area contributed by atoms with Crippen LogP contribution in [-0.2, 0) is 15.6 Å². The van der Waals surface area contributed by atoms with E-state index in [4.69, 9.17) is 5.11 Å². The first-order valence-corrected chi connectivity index (χ1v) is 12.3. The van der Waals surface area contributed by atoms with E-state index in [1.165, 1.54) is 11.1 Å². The molecule has 0 heterocycles. The van der Waals surface area contributed by atoms with Gasteiger partial charge in [-0.3, -0.25) is 4.57 Å². The highest BCUT2D eigenvalue weighted by atomic mass is 31.2. The molecule has 0 aliphatic carbocycles. The molecular formula is C20H31O5P2+. The number of benzene rings is 1. The van der Waals surface area contributed by atoms with Crippen molar-refractivity contribution in [2.45, 2.75) is 58.3 Å². The standard InChI is InChI=1S/C20H30O5P2/c1-16(2)6-4-7-17(3)14-19-12-10-18(11-13-19)8-5-9-20(26(22)15-21)27(23,24)25/h6,10-14,20-21H,4-5,7-9,15H2,1-3H3,(H-,23,24,25)/p+1. The largest absolute Gasteiger partial charge is 0.382 e. The Morgan fingerprint density at radius 3 is 2.33 bits per heavy atom. The van der Waals surface area contributed by atoms with Crippen molar-refractivity contribution in [3.05, 3.63) is 52.6 Å². The minimum absolute atomic E-state index is 0.130. The van der Waals surface area contributed by atoms with Gasteiger partial charge in [0.2, 0.25) is 6.35 Å². The molecule has 0 amide bonds. The lowest BCUT2D eigenvalue weighted by atomic mass is 10.0. The summed E-state index contributed by atoms with van der Waals surface area (Å²) in [6.45, 7) is 6.32. The second-order valence-electron chi connectivity index (χ2n) is 7.07. The average molecular weight is 413 g/mol. The first-order valence-electron chi connectivity index (χ1n) is 9.12. The van der Waals surface area contributed by atoms with Crippen LogP contribution < -0.4 is 0 Å². The predicted molar refractivity (Wildman–Crippen MR) is 112 cm³/mol.